The van der Waals surface area contributed by atoms with Crippen molar-refractivity contribution >= 4 is 28.6 Å². The Kier molecular flexibility index (Phi) is 5.87. The number of hydrogen-bond acceptors (Lipinski definition) is 5. The van der Waals surface area contributed by atoms with Crippen LogP contribution >= 0.6 is 0 Å². The van der Waals surface area contributed by atoms with Crippen molar-refractivity contribution in [3.63, 3.8) is 0 Å². The van der Waals surface area contributed by atoms with Gasteiger partial charge in [-0.2, -0.15) is 0 Å². The lowest BCUT2D eigenvalue weighted by molar-refractivity contribution is 0.0980. The van der Waals surface area contributed by atoms with Gasteiger partial charge in [0.15, 0.2) is 17.3 Å². The Labute approximate surface area is 217 Å². The number of para-hydroxylation sites is 1. The molecule has 0 aromatic heterocycles. The van der Waals surface area contributed by atoms with Crippen molar-refractivity contribution in [2.75, 3.05) is 11.1 Å². The van der Waals surface area contributed by atoms with Crippen LogP contribution in [0.15, 0.2) is 72.8 Å². The smallest absolute Gasteiger partial charge is 0.196 e. The van der Waals surface area contributed by atoms with Crippen LogP contribution in [0.3, 0.4) is 0 Å². The Morgan fingerprint density at radius 1 is 0.757 bits per heavy atom. The first-order chi connectivity index (χ1) is 17.6. The summed E-state index contributed by atoms with van der Waals surface area (Å²) >= 11 is 0. The summed E-state index contributed by atoms with van der Waals surface area (Å²) in [4.78, 5) is 27.4. The Morgan fingerprint density at radius 2 is 1.32 bits per heavy atom. The number of carbonyl (C=O) groups is 2. The highest BCUT2D eigenvalue weighted by Gasteiger charge is 2.35. The lowest BCUT2D eigenvalue weighted by Gasteiger charge is -2.25. The van der Waals surface area contributed by atoms with Crippen molar-refractivity contribution in [2.24, 2.45) is 0 Å². The van der Waals surface area contributed by atoms with E-state index in [1.54, 1.807) is 30.3 Å². The maximum absolute atomic E-state index is 13.7. The number of ketones is 2. The van der Waals surface area contributed by atoms with Gasteiger partial charge < -0.3 is 15.8 Å². The Morgan fingerprint density at radius 3 is 1.89 bits per heavy atom. The molecule has 3 N–H and O–H groups in total. The normalized spacial score (nSPS) is 12.7. The van der Waals surface area contributed by atoms with E-state index >= 15 is 0 Å². The standard InChI is InChI=1S/C32H30N2O3/c1-18-9-8-10-19(2)29(18)34-24-17-25(37-21-15-13-20(14-16-21)32(3,4)5)28(33)27-26(24)30(35)22-11-6-7-12-23(22)31(27)36/h6-17,34H,33H2,1-5H3. The van der Waals surface area contributed by atoms with Crippen LogP contribution in [0.1, 0.15) is 69.3 Å². The number of fused-ring (bicyclic) bond motifs is 2. The summed E-state index contributed by atoms with van der Waals surface area (Å²) in [6, 6.07) is 22.4. The molecule has 0 fully saturated rings. The summed E-state index contributed by atoms with van der Waals surface area (Å²) in [5.74, 6) is 0.372. The molecule has 0 atom stereocenters. The largest absolute Gasteiger partial charge is 0.455 e. The monoisotopic (exact) mass is 490 g/mol. The number of rotatable bonds is 4. The Hall–Kier alpha value is -4.38. The Balaban J connectivity index is 1.68. The predicted molar refractivity (Wildman–Crippen MR) is 149 cm³/mol. The van der Waals surface area contributed by atoms with Gasteiger partial charge in [-0.3, -0.25) is 9.59 Å². The number of nitrogens with two attached hydrogens (primary N) is 1. The van der Waals surface area contributed by atoms with E-state index in [2.05, 4.69) is 26.1 Å². The second-order valence-corrected chi connectivity index (χ2v) is 10.6. The molecule has 4 aromatic rings. The van der Waals surface area contributed by atoms with Crippen LogP contribution in [-0.4, -0.2) is 11.6 Å². The molecule has 0 saturated carbocycles. The van der Waals surface area contributed by atoms with Gasteiger partial charge in [-0.05, 0) is 48.1 Å². The van der Waals surface area contributed by atoms with Crippen molar-refractivity contribution in [1.82, 2.24) is 0 Å². The third-order valence-electron chi connectivity index (χ3n) is 6.89. The van der Waals surface area contributed by atoms with Gasteiger partial charge in [-0.1, -0.05) is 75.4 Å². The van der Waals surface area contributed by atoms with Crippen LogP contribution in [0.5, 0.6) is 11.5 Å². The SMILES string of the molecule is Cc1cccc(C)c1Nc1cc(Oc2ccc(C(C)(C)C)cc2)c(N)c2c1C(=O)c1ccccc1C2=O. The number of anilines is 3. The van der Waals surface area contributed by atoms with E-state index in [9.17, 15) is 9.59 Å². The number of nitrogens with one attached hydrogen (secondary N) is 1. The third-order valence-corrected chi connectivity index (χ3v) is 6.89. The number of benzene rings is 4. The van der Waals surface area contributed by atoms with Crippen LogP contribution in [0.25, 0.3) is 0 Å². The minimum atomic E-state index is -0.291. The molecule has 0 heterocycles. The van der Waals surface area contributed by atoms with Gasteiger partial charge in [-0.25, -0.2) is 0 Å². The molecule has 0 saturated heterocycles. The van der Waals surface area contributed by atoms with Crippen LogP contribution < -0.4 is 15.8 Å². The molecule has 1 aliphatic carbocycles. The molecular formula is C32H30N2O3. The van der Waals surface area contributed by atoms with E-state index in [1.165, 1.54) is 5.56 Å². The van der Waals surface area contributed by atoms with E-state index in [-0.39, 0.29) is 33.8 Å². The molecule has 186 valence electrons. The van der Waals surface area contributed by atoms with Gasteiger partial charge in [-0.15, -0.1) is 0 Å². The number of hydrogen-bond donors (Lipinski definition) is 2. The number of aryl methyl sites for hydroxylation is 2. The Bertz CT molecular complexity index is 1540. The first-order valence-electron chi connectivity index (χ1n) is 12.3. The average Bonchev–Trinajstić information content (AvgIpc) is 2.86. The summed E-state index contributed by atoms with van der Waals surface area (Å²) in [6.07, 6.45) is 0. The van der Waals surface area contributed by atoms with Gasteiger partial charge in [0.25, 0.3) is 0 Å². The molecule has 37 heavy (non-hydrogen) atoms. The first kappa shape index (κ1) is 24.3. The van der Waals surface area contributed by atoms with E-state index in [4.69, 9.17) is 10.5 Å². The van der Waals surface area contributed by atoms with E-state index in [0.717, 1.165) is 16.8 Å². The molecule has 0 spiro atoms. The van der Waals surface area contributed by atoms with Gasteiger partial charge in [0.05, 0.1) is 22.5 Å². The summed E-state index contributed by atoms with van der Waals surface area (Å²) in [7, 11) is 0. The van der Waals surface area contributed by atoms with Crippen LogP contribution in [0, 0.1) is 13.8 Å². The van der Waals surface area contributed by atoms with Gasteiger partial charge in [0.1, 0.15) is 5.75 Å². The third kappa shape index (κ3) is 4.27. The molecule has 1 aliphatic rings. The minimum Gasteiger partial charge on any atom is -0.455 e. The first-order valence-corrected chi connectivity index (χ1v) is 12.3. The highest BCUT2D eigenvalue weighted by Crippen LogP contribution is 2.43. The molecule has 5 heteroatoms. The fourth-order valence-electron chi connectivity index (χ4n) is 4.77. The zero-order valence-corrected chi connectivity index (χ0v) is 21.7. The van der Waals surface area contributed by atoms with Crippen molar-refractivity contribution in [2.45, 2.75) is 40.0 Å². The van der Waals surface area contributed by atoms with Crippen LogP contribution in [0.2, 0.25) is 0 Å². The summed E-state index contributed by atoms with van der Waals surface area (Å²) < 4.78 is 6.22. The average molecular weight is 491 g/mol. The highest BCUT2D eigenvalue weighted by molar-refractivity contribution is 6.32. The lowest BCUT2D eigenvalue weighted by atomic mass is 9.82. The summed E-state index contributed by atoms with van der Waals surface area (Å²) in [5.41, 5.74) is 12.4. The predicted octanol–water partition coefficient (Wildman–Crippen LogP) is 7.49. The van der Waals surface area contributed by atoms with E-state index in [0.29, 0.717) is 28.3 Å². The second kappa shape index (κ2) is 8.93. The molecule has 0 bridgehead atoms. The highest BCUT2D eigenvalue weighted by atomic mass is 16.5. The van der Waals surface area contributed by atoms with Crippen molar-refractivity contribution in [3.8, 4) is 11.5 Å². The fourth-order valence-corrected chi connectivity index (χ4v) is 4.77. The number of carbonyl (C=O) groups excluding carboxylic acids is 2. The topological polar surface area (TPSA) is 81.4 Å². The zero-order valence-electron chi connectivity index (χ0n) is 21.7. The molecule has 0 amide bonds. The maximum Gasteiger partial charge on any atom is 0.196 e. The fraction of sp³-hybridized carbons (Fsp3) is 0.188. The lowest BCUT2D eigenvalue weighted by Crippen LogP contribution is -2.24. The number of ether oxygens (including phenoxy) is 1. The zero-order chi connectivity index (χ0) is 26.5. The minimum absolute atomic E-state index is 0.00599. The van der Waals surface area contributed by atoms with Crippen LogP contribution in [0.4, 0.5) is 17.1 Å². The molecule has 0 aliphatic heterocycles. The maximum atomic E-state index is 13.7. The van der Waals surface area contributed by atoms with E-state index in [1.807, 2.05) is 56.3 Å². The van der Waals surface area contributed by atoms with Crippen LogP contribution in [-0.2, 0) is 5.41 Å². The summed E-state index contributed by atoms with van der Waals surface area (Å²) in [5, 5.41) is 3.42. The number of nitrogen functional groups attached to an aromatic ring is 1. The molecular weight excluding hydrogens is 460 g/mol. The molecule has 0 radical (unpaired) electrons. The second-order valence-electron chi connectivity index (χ2n) is 10.6. The van der Waals surface area contributed by atoms with Gasteiger partial charge in [0.2, 0.25) is 0 Å². The van der Waals surface area contributed by atoms with Gasteiger partial charge in [0, 0.05) is 22.9 Å². The van der Waals surface area contributed by atoms with Crippen molar-refractivity contribution in [3.05, 3.63) is 112 Å². The van der Waals surface area contributed by atoms with E-state index < -0.39 is 0 Å². The molecule has 5 nitrogen and oxygen atoms in total. The van der Waals surface area contributed by atoms with Crippen molar-refractivity contribution in [1.29, 1.82) is 0 Å². The molecule has 0 unspecified atom stereocenters. The quantitative estimate of drug-likeness (QED) is 0.255. The summed E-state index contributed by atoms with van der Waals surface area (Å²) in [6.45, 7) is 10.4. The van der Waals surface area contributed by atoms with Crippen molar-refractivity contribution < 1.29 is 14.3 Å². The molecule has 4 aromatic carbocycles. The molecule has 5 rings (SSSR count). The van der Waals surface area contributed by atoms with Gasteiger partial charge >= 0.3 is 0 Å².